The first-order valence-corrected chi connectivity index (χ1v) is 10.6. The second-order valence-electron chi connectivity index (χ2n) is 7.08. The van der Waals surface area contributed by atoms with Crippen molar-refractivity contribution in [3.63, 3.8) is 0 Å². The van der Waals surface area contributed by atoms with Crippen molar-refractivity contribution in [2.24, 2.45) is 0 Å². The lowest BCUT2D eigenvalue weighted by molar-refractivity contribution is 0.0558. The van der Waals surface area contributed by atoms with Crippen LogP contribution in [0.3, 0.4) is 0 Å². The van der Waals surface area contributed by atoms with Gasteiger partial charge < -0.3 is 19.5 Å². The van der Waals surface area contributed by atoms with E-state index in [4.69, 9.17) is 32.7 Å². The molecule has 0 radical (unpaired) electrons. The van der Waals surface area contributed by atoms with Gasteiger partial charge in [0.1, 0.15) is 18.6 Å². The SMILES string of the molecule is OC(COc1ccc(Cl)cc1)NC1CCN(CCCOc2ccc(Cl)cn2)CC1. The summed E-state index contributed by atoms with van der Waals surface area (Å²) in [5.74, 6) is 1.30. The number of likely N-dealkylation sites (tertiary alicyclic amines) is 1. The summed E-state index contributed by atoms with van der Waals surface area (Å²) in [5.41, 5.74) is 0. The molecule has 3 rings (SSSR count). The minimum atomic E-state index is -0.692. The van der Waals surface area contributed by atoms with Gasteiger partial charge in [0, 0.05) is 29.9 Å². The summed E-state index contributed by atoms with van der Waals surface area (Å²) < 4.78 is 11.2. The number of nitrogens with one attached hydrogen (secondary N) is 1. The third-order valence-corrected chi connectivity index (χ3v) is 5.28. The molecule has 1 aliphatic rings. The van der Waals surface area contributed by atoms with E-state index in [2.05, 4.69) is 15.2 Å². The van der Waals surface area contributed by atoms with E-state index < -0.39 is 6.23 Å². The number of nitrogens with zero attached hydrogens (tertiary/aromatic N) is 2. The second-order valence-corrected chi connectivity index (χ2v) is 7.95. The molecule has 1 aromatic carbocycles. The van der Waals surface area contributed by atoms with Gasteiger partial charge in [0.25, 0.3) is 0 Å². The van der Waals surface area contributed by atoms with E-state index in [1.54, 1.807) is 42.6 Å². The number of piperidine rings is 1. The molecule has 2 N–H and O–H groups in total. The lowest BCUT2D eigenvalue weighted by Gasteiger charge is -2.33. The Bertz CT molecular complexity index is 723. The minimum Gasteiger partial charge on any atom is -0.489 e. The van der Waals surface area contributed by atoms with Crippen molar-refractivity contribution >= 4 is 23.2 Å². The Morgan fingerprint density at radius 2 is 1.79 bits per heavy atom. The van der Waals surface area contributed by atoms with Crippen LogP contribution in [0.25, 0.3) is 0 Å². The predicted octanol–water partition coefficient (Wildman–Crippen LogP) is 3.61. The average Bonchev–Trinajstić information content (AvgIpc) is 2.73. The topological polar surface area (TPSA) is 66.9 Å². The minimum absolute atomic E-state index is 0.206. The van der Waals surface area contributed by atoms with E-state index in [-0.39, 0.29) is 6.61 Å². The third-order valence-electron chi connectivity index (χ3n) is 4.81. The monoisotopic (exact) mass is 439 g/mol. The summed E-state index contributed by atoms with van der Waals surface area (Å²) in [6, 6.07) is 11.0. The summed E-state index contributed by atoms with van der Waals surface area (Å²) >= 11 is 11.7. The van der Waals surface area contributed by atoms with E-state index in [0.29, 0.717) is 34.3 Å². The van der Waals surface area contributed by atoms with Crippen LogP contribution in [-0.4, -0.2) is 60.1 Å². The Balaban J connectivity index is 1.25. The van der Waals surface area contributed by atoms with Crippen LogP contribution >= 0.6 is 23.2 Å². The lowest BCUT2D eigenvalue weighted by atomic mass is 10.0. The van der Waals surface area contributed by atoms with E-state index in [9.17, 15) is 5.11 Å². The molecule has 1 atom stereocenters. The van der Waals surface area contributed by atoms with Gasteiger partial charge in [0.2, 0.25) is 5.88 Å². The molecule has 8 heteroatoms. The highest BCUT2D eigenvalue weighted by Gasteiger charge is 2.21. The number of aliphatic hydroxyl groups is 1. The molecule has 1 fully saturated rings. The van der Waals surface area contributed by atoms with Crippen molar-refractivity contribution in [1.82, 2.24) is 15.2 Å². The van der Waals surface area contributed by atoms with Gasteiger partial charge in [-0.3, -0.25) is 5.32 Å². The first kappa shape index (κ1) is 22.1. The number of benzene rings is 1. The fourth-order valence-corrected chi connectivity index (χ4v) is 3.50. The molecule has 158 valence electrons. The molecule has 0 spiro atoms. The number of aromatic nitrogens is 1. The zero-order valence-electron chi connectivity index (χ0n) is 16.3. The average molecular weight is 440 g/mol. The highest BCUT2D eigenvalue weighted by atomic mass is 35.5. The highest BCUT2D eigenvalue weighted by molar-refractivity contribution is 6.30. The Kier molecular flexibility index (Phi) is 8.83. The molecule has 6 nitrogen and oxygen atoms in total. The zero-order chi connectivity index (χ0) is 20.5. The van der Waals surface area contributed by atoms with E-state index in [1.807, 2.05) is 0 Å². The van der Waals surface area contributed by atoms with Gasteiger partial charge in [0.15, 0.2) is 0 Å². The molecule has 1 unspecified atom stereocenters. The van der Waals surface area contributed by atoms with Crippen LogP contribution in [-0.2, 0) is 0 Å². The molecule has 1 aromatic heterocycles. The summed E-state index contributed by atoms with van der Waals surface area (Å²) in [6.45, 7) is 3.83. The molecule has 1 saturated heterocycles. The van der Waals surface area contributed by atoms with Crippen LogP contribution in [0.15, 0.2) is 42.6 Å². The second kappa shape index (κ2) is 11.6. The zero-order valence-corrected chi connectivity index (χ0v) is 17.8. The summed E-state index contributed by atoms with van der Waals surface area (Å²) in [4.78, 5) is 6.55. The molecular weight excluding hydrogens is 413 g/mol. The van der Waals surface area contributed by atoms with Crippen molar-refractivity contribution in [2.75, 3.05) is 32.8 Å². The number of hydrogen-bond acceptors (Lipinski definition) is 6. The molecule has 0 bridgehead atoms. The van der Waals surface area contributed by atoms with Gasteiger partial charge in [0.05, 0.1) is 11.6 Å². The van der Waals surface area contributed by atoms with Crippen molar-refractivity contribution in [2.45, 2.75) is 31.5 Å². The molecule has 1 aliphatic heterocycles. The number of halogens is 2. The van der Waals surface area contributed by atoms with Crippen LogP contribution in [0.1, 0.15) is 19.3 Å². The van der Waals surface area contributed by atoms with Crippen molar-refractivity contribution in [3.05, 3.63) is 52.6 Å². The molecule has 2 heterocycles. The van der Waals surface area contributed by atoms with Crippen molar-refractivity contribution < 1.29 is 14.6 Å². The maximum atomic E-state index is 10.2. The molecular formula is C21H27Cl2N3O3. The molecule has 29 heavy (non-hydrogen) atoms. The number of hydrogen-bond donors (Lipinski definition) is 2. The highest BCUT2D eigenvalue weighted by Crippen LogP contribution is 2.16. The number of aliphatic hydroxyl groups excluding tert-OH is 1. The Morgan fingerprint density at radius 1 is 1.07 bits per heavy atom. The fourth-order valence-electron chi connectivity index (χ4n) is 3.26. The van der Waals surface area contributed by atoms with Gasteiger partial charge in [-0.1, -0.05) is 23.2 Å². The van der Waals surface area contributed by atoms with E-state index in [0.717, 1.165) is 38.9 Å². The van der Waals surface area contributed by atoms with Crippen LogP contribution < -0.4 is 14.8 Å². The van der Waals surface area contributed by atoms with E-state index >= 15 is 0 Å². The summed E-state index contributed by atoms with van der Waals surface area (Å²) in [6.07, 6.45) is 3.83. The Hall–Kier alpha value is -1.57. The van der Waals surface area contributed by atoms with Gasteiger partial charge in [-0.25, -0.2) is 4.98 Å². The van der Waals surface area contributed by atoms with Crippen LogP contribution in [0.5, 0.6) is 11.6 Å². The fraction of sp³-hybridized carbons (Fsp3) is 0.476. The summed E-state index contributed by atoms with van der Waals surface area (Å²) in [5, 5.41) is 14.7. The number of rotatable bonds is 10. The first-order valence-electron chi connectivity index (χ1n) is 9.88. The predicted molar refractivity (Wildman–Crippen MR) is 115 cm³/mol. The Morgan fingerprint density at radius 3 is 2.48 bits per heavy atom. The largest absolute Gasteiger partial charge is 0.489 e. The number of ether oxygens (including phenoxy) is 2. The van der Waals surface area contributed by atoms with Gasteiger partial charge in [-0.15, -0.1) is 0 Å². The van der Waals surface area contributed by atoms with Crippen molar-refractivity contribution in [3.8, 4) is 11.6 Å². The van der Waals surface area contributed by atoms with Crippen LogP contribution in [0.2, 0.25) is 10.0 Å². The standard InChI is InChI=1S/C21H27Cl2N3O3/c22-16-2-5-19(6-3-16)29-15-20(27)25-18-8-11-26(12-9-18)10-1-13-28-21-7-4-17(23)14-24-21/h2-7,14,18,20,25,27H,1,8-13,15H2. The summed E-state index contributed by atoms with van der Waals surface area (Å²) in [7, 11) is 0. The van der Waals surface area contributed by atoms with Gasteiger partial charge in [-0.05, 0) is 62.7 Å². The first-order chi connectivity index (χ1) is 14.1. The maximum absolute atomic E-state index is 10.2. The molecule has 0 saturated carbocycles. The van der Waals surface area contributed by atoms with Crippen LogP contribution in [0, 0.1) is 0 Å². The third kappa shape index (κ3) is 7.99. The molecule has 2 aromatic rings. The van der Waals surface area contributed by atoms with Gasteiger partial charge >= 0.3 is 0 Å². The quantitative estimate of drug-likeness (QED) is 0.435. The maximum Gasteiger partial charge on any atom is 0.213 e. The van der Waals surface area contributed by atoms with Crippen molar-refractivity contribution in [1.29, 1.82) is 0 Å². The molecule has 0 amide bonds. The van der Waals surface area contributed by atoms with Gasteiger partial charge in [-0.2, -0.15) is 0 Å². The van der Waals surface area contributed by atoms with Crippen LogP contribution in [0.4, 0.5) is 0 Å². The number of pyridine rings is 1. The normalized spacial score (nSPS) is 16.5. The van der Waals surface area contributed by atoms with E-state index in [1.165, 1.54) is 0 Å². The lowest BCUT2D eigenvalue weighted by Crippen LogP contribution is -2.48. The smallest absolute Gasteiger partial charge is 0.213 e. The Labute approximate surface area is 181 Å². The molecule has 0 aliphatic carbocycles.